The van der Waals surface area contributed by atoms with Crippen LogP contribution < -0.4 is 5.32 Å². The summed E-state index contributed by atoms with van der Waals surface area (Å²) in [7, 11) is 0. The molecule has 104 valence electrons. The van der Waals surface area contributed by atoms with Gasteiger partial charge in [0.2, 0.25) is 5.91 Å². The van der Waals surface area contributed by atoms with E-state index in [1.54, 1.807) is 26.0 Å². The Hall–Kier alpha value is -1.60. The van der Waals surface area contributed by atoms with Crippen LogP contribution in [0.25, 0.3) is 0 Å². The van der Waals surface area contributed by atoms with Gasteiger partial charge >= 0.3 is 0 Å². The molecule has 0 bridgehead atoms. The zero-order chi connectivity index (χ0) is 14.5. The van der Waals surface area contributed by atoms with Gasteiger partial charge in [-0.2, -0.15) is 0 Å². The minimum atomic E-state index is -0.937. The summed E-state index contributed by atoms with van der Waals surface area (Å²) in [6, 6.07) is 6.01. The van der Waals surface area contributed by atoms with Crippen molar-refractivity contribution in [3.8, 4) is 0 Å². The summed E-state index contributed by atoms with van der Waals surface area (Å²) in [6.45, 7) is 3.40. The number of aliphatic hydroxyl groups is 1. The van der Waals surface area contributed by atoms with Crippen molar-refractivity contribution in [2.75, 3.05) is 12.3 Å². The molecule has 0 aromatic heterocycles. The number of thioether (sulfide) groups is 1. The van der Waals surface area contributed by atoms with Gasteiger partial charge in [0, 0.05) is 23.6 Å². The lowest BCUT2D eigenvalue weighted by Gasteiger charge is -2.17. The first-order chi connectivity index (χ1) is 8.78. The van der Waals surface area contributed by atoms with Crippen LogP contribution in [-0.2, 0) is 4.79 Å². The van der Waals surface area contributed by atoms with Gasteiger partial charge in [-0.25, -0.2) is 0 Å². The number of rotatable bonds is 6. The molecule has 1 amide bonds. The number of nitro groups is 1. The normalized spacial score (nSPS) is 11.1. The SMILES string of the molecule is CC(C)(O)CNC(=O)CSc1ccc([N+](=O)[O-])cc1. The zero-order valence-electron chi connectivity index (χ0n) is 10.8. The third-order valence-corrected chi connectivity index (χ3v) is 3.15. The monoisotopic (exact) mass is 284 g/mol. The van der Waals surface area contributed by atoms with Gasteiger partial charge < -0.3 is 10.4 Å². The summed E-state index contributed by atoms with van der Waals surface area (Å²) >= 11 is 1.28. The van der Waals surface area contributed by atoms with Gasteiger partial charge in [0.15, 0.2) is 0 Å². The van der Waals surface area contributed by atoms with Gasteiger partial charge in [0.05, 0.1) is 16.3 Å². The Bertz CT molecular complexity index is 454. The molecule has 0 aliphatic heterocycles. The molecule has 0 radical (unpaired) electrons. The summed E-state index contributed by atoms with van der Waals surface area (Å²) in [5.74, 6) is 0.0129. The lowest BCUT2D eigenvalue weighted by Crippen LogP contribution is -2.38. The van der Waals surface area contributed by atoms with Crippen molar-refractivity contribution in [1.82, 2.24) is 5.32 Å². The van der Waals surface area contributed by atoms with Crippen molar-refractivity contribution in [3.05, 3.63) is 34.4 Å². The molecular weight excluding hydrogens is 268 g/mol. The van der Waals surface area contributed by atoms with Gasteiger partial charge in [0.1, 0.15) is 0 Å². The average Bonchev–Trinajstić information content (AvgIpc) is 2.33. The summed E-state index contributed by atoms with van der Waals surface area (Å²) in [5.41, 5.74) is -0.913. The van der Waals surface area contributed by atoms with E-state index in [0.29, 0.717) is 0 Å². The van der Waals surface area contributed by atoms with Crippen molar-refractivity contribution >= 4 is 23.4 Å². The van der Waals surface area contributed by atoms with Gasteiger partial charge in [0.25, 0.3) is 5.69 Å². The van der Waals surface area contributed by atoms with E-state index >= 15 is 0 Å². The number of benzene rings is 1. The van der Waals surface area contributed by atoms with Crippen LogP contribution in [0.3, 0.4) is 0 Å². The Labute approximate surface area is 115 Å². The van der Waals surface area contributed by atoms with Crippen LogP contribution in [0.2, 0.25) is 0 Å². The molecule has 19 heavy (non-hydrogen) atoms. The van der Waals surface area contributed by atoms with E-state index in [1.165, 1.54) is 23.9 Å². The Morgan fingerprint density at radius 3 is 2.47 bits per heavy atom. The second-order valence-electron chi connectivity index (χ2n) is 4.63. The number of carbonyl (C=O) groups is 1. The van der Waals surface area contributed by atoms with E-state index in [9.17, 15) is 20.0 Å². The van der Waals surface area contributed by atoms with Crippen LogP contribution in [0.1, 0.15) is 13.8 Å². The molecule has 1 rings (SSSR count). The molecule has 0 saturated carbocycles. The maximum absolute atomic E-state index is 11.5. The number of non-ortho nitro benzene ring substituents is 1. The van der Waals surface area contributed by atoms with E-state index in [2.05, 4.69) is 5.32 Å². The first kappa shape index (κ1) is 15.5. The maximum atomic E-state index is 11.5. The van der Waals surface area contributed by atoms with Crippen molar-refractivity contribution in [2.24, 2.45) is 0 Å². The highest BCUT2D eigenvalue weighted by molar-refractivity contribution is 8.00. The minimum Gasteiger partial charge on any atom is -0.389 e. The minimum absolute atomic E-state index is 0.0239. The van der Waals surface area contributed by atoms with Gasteiger partial charge in [-0.1, -0.05) is 0 Å². The molecule has 0 aliphatic carbocycles. The van der Waals surface area contributed by atoms with Crippen molar-refractivity contribution in [1.29, 1.82) is 0 Å². The Balaban J connectivity index is 2.40. The fraction of sp³-hybridized carbons (Fsp3) is 0.417. The summed E-state index contributed by atoms with van der Waals surface area (Å²) in [5, 5.41) is 22.5. The standard InChI is InChI=1S/C12H16N2O4S/c1-12(2,16)8-13-11(15)7-19-10-5-3-9(4-6-10)14(17)18/h3-6,16H,7-8H2,1-2H3,(H,13,15). The van der Waals surface area contributed by atoms with E-state index in [0.717, 1.165) is 4.90 Å². The third-order valence-electron chi connectivity index (χ3n) is 2.14. The second-order valence-corrected chi connectivity index (χ2v) is 5.68. The smallest absolute Gasteiger partial charge is 0.269 e. The van der Waals surface area contributed by atoms with Crippen molar-refractivity contribution < 1.29 is 14.8 Å². The molecule has 1 aromatic rings. The van der Waals surface area contributed by atoms with Crippen LogP contribution in [-0.4, -0.2) is 33.8 Å². The lowest BCUT2D eigenvalue weighted by molar-refractivity contribution is -0.384. The predicted molar refractivity (Wildman–Crippen MR) is 73.1 cm³/mol. The summed E-state index contributed by atoms with van der Waals surface area (Å²) < 4.78 is 0. The largest absolute Gasteiger partial charge is 0.389 e. The molecule has 6 nitrogen and oxygen atoms in total. The lowest BCUT2D eigenvalue weighted by atomic mass is 10.1. The van der Waals surface area contributed by atoms with Gasteiger partial charge in [-0.15, -0.1) is 11.8 Å². The molecule has 0 saturated heterocycles. The van der Waals surface area contributed by atoms with Crippen molar-refractivity contribution in [3.63, 3.8) is 0 Å². The molecule has 0 fully saturated rings. The molecule has 0 atom stereocenters. The topological polar surface area (TPSA) is 92.5 Å². The summed E-state index contributed by atoms with van der Waals surface area (Å²) in [6.07, 6.45) is 0. The van der Waals surface area contributed by atoms with Crippen molar-refractivity contribution in [2.45, 2.75) is 24.3 Å². The quantitative estimate of drug-likeness (QED) is 0.470. The van der Waals surface area contributed by atoms with Crippen LogP contribution in [0.5, 0.6) is 0 Å². The number of hydrogen-bond donors (Lipinski definition) is 2. The van der Waals surface area contributed by atoms with Gasteiger partial charge in [-0.3, -0.25) is 14.9 Å². The molecule has 1 aromatic carbocycles. The molecule has 7 heteroatoms. The Kier molecular flexibility index (Phi) is 5.31. The summed E-state index contributed by atoms with van der Waals surface area (Å²) in [4.78, 5) is 22.3. The van der Waals surface area contributed by atoms with E-state index in [-0.39, 0.29) is 23.9 Å². The molecule has 0 spiro atoms. The number of nitro benzene ring substituents is 1. The molecule has 0 unspecified atom stereocenters. The zero-order valence-corrected chi connectivity index (χ0v) is 11.6. The van der Waals surface area contributed by atoms with Gasteiger partial charge in [-0.05, 0) is 26.0 Å². The van der Waals surface area contributed by atoms with E-state index in [4.69, 9.17) is 0 Å². The highest BCUT2D eigenvalue weighted by Crippen LogP contribution is 2.21. The first-order valence-corrected chi connectivity index (χ1v) is 6.63. The van der Waals surface area contributed by atoms with E-state index < -0.39 is 10.5 Å². The number of nitrogens with zero attached hydrogens (tertiary/aromatic N) is 1. The third kappa shape index (κ3) is 6.21. The predicted octanol–water partition coefficient (Wildman–Crippen LogP) is 1.57. The molecular formula is C12H16N2O4S. The molecule has 0 aliphatic rings. The highest BCUT2D eigenvalue weighted by atomic mass is 32.2. The fourth-order valence-corrected chi connectivity index (χ4v) is 1.91. The molecule has 0 heterocycles. The van der Waals surface area contributed by atoms with E-state index in [1.807, 2.05) is 0 Å². The molecule has 2 N–H and O–H groups in total. The number of hydrogen-bond acceptors (Lipinski definition) is 5. The fourth-order valence-electron chi connectivity index (χ4n) is 1.18. The highest BCUT2D eigenvalue weighted by Gasteiger charge is 2.14. The Morgan fingerprint density at radius 2 is 2.00 bits per heavy atom. The number of nitrogens with one attached hydrogen (secondary N) is 1. The maximum Gasteiger partial charge on any atom is 0.269 e. The number of carbonyl (C=O) groups excluding carboxylic acids is 1. The number of amides is 1. The van der Waals surface area contributed by atoms with Crippen LogP contribution in [0, 0.1) is 10.1 Å². The second kappa shape index (κ2) is 6.53. The van der Waals surface area contributed by atoms with Crippen LogP contribution in [0.4, 0.5) is 5.69 Å². The van der Waals surface area contributed by atoms with Crippen LogP contribution >= 0.6 is 11.8 Å². The average molecular weight is 284 g/mol. The van der Waals surface area contributed by atoms with Crippen LogP contribution in [0.15, 0.2) is 29.2 Å². The Morgan fingerprint density at radius 1 is 1.42 bits per heavy atom. The first-order valence-electron chi connectivity index (χ1n) is 5.64.